The van der Waals surface area contributed by atoms with Gasteiger partial charge in [-0.2, -0.15) is 15.0 Å². The fourth-order valence-corrected chi connectivity index (χ4v) is 4.10. The van der Waals surface area contributed by atoms with Gasteiger partial charge in [-0.3, -0.25) is 5.32 Å². The summed E-state index contributed by atoms with van der Waals surface area (Å²) in [5.41, 5.74) is 0. The van der Waals surface area contributed by atoms with Crippen LogP contribution in [0.25, 0.3) is 0 Å². The number of hydrogen-bond acceptors (Lipinski definition) is 11. The summed E-state index contributed by atoms with van der Waals surface area (Å²) in [6, 6.07) is -1.10. The van der Waals surface area contributed by atoms with Gasteiger partial charge in [0.05, 0.1) is 13.7 Å². The Morgan fingerprint density at radius 3 is 2.61 bits per heavy atom. The van der Waals surface area contributed by atoms with Crippen LogP contribution in [0.5, 0.6) is 11.9 Å². The van der Waals surface area contributed by atoms with Gasteiger partial charge in [-0.15, -0.1) is 11.8 Å². The van der Waals surface area contributed by atoms with Gasteiger partial charge in [-0.05, 0) is 19.6 Å². The number of aromatic nitrogens is 5. The molecule has 0 aliphatic heterocycles. The maximum atomic E-state index is 12.8. The molecular weight excluding hydrogens is 410 g/mol. The number of carbonyl (C=O) groups excluding carboxylic acids is 1. The predicted octanol–water partition coefficient (Wildman–Crippen LogP) is 1.000. The number of hydrogen-bond donors (Lipinski definition) is 2. The zero-order chi connectivity index (χ0) is 20.7. The van der Waals surface area contributed by atoms with Crippen LogP contribution >= 0.6 is 11.8 Å². The van der Waals surface area contributed by atoms with Crippen molar-refractivity contribution in [1.82, 2.24) is 29.6 Å². The largest absolute Gasteiger partial charge is 0.477 e. The zero-order valence-corrected chi connectivity index (χ0v) is 17.2. The molecule has 0 saturated heterocycles. The van der Waals surface area contributed by atoms with Crippen molar-refractivity contribution in [2.75, 3.05) is 24.8 Å². The van der Waals surface area contributed by atoms with Crippen LogP contribution in [0.1, 0.15) is 19.7 Å². The highest BCUT2D eigenvalue weighted by Crippen LogP contribution is 2.30. The van der Waals surface area contributed by atoms with Gasteiger partial charge in [0.2, 0.25) is 11.8 Å². The molecule has 12 nitrogen and oxygen atoms in total. The number of nitrogens with zero attached hydrogens (tertiary/aromatic N) is 5. The molecule has 152 valence electrons. The number of ether oxygens (including phenoxy) is 2. The number of sulfonamides is 1. The molecule has 0 unspecified atom stereocenters. The number of anilines is 1. The van der Waals surface area contributed by atoms with Crippen LogP contribution in [0.2, 0.25) is 0 Å². The molecule has 0 bridgehead atoms. The highest BCUT2D eigenvalue weighted by Gasteiger charge is 2.28. The number of aryl methyl sites for hydroxylation is 1. The summed E-state index contributed by atoms with van der Waals surface area (Å²) < 4.78 is 37.6. The van der Waals surface area contributed by atoms with Gasteiger partial charge >= 0.3 is 12.0 Å². The molecule has 0 atom stereocenters. The van der Waals surface area contributed by atoms with Crippen molar-refractivity contribution >= 4 is 33.8 Å². The van der Waals surface area contributed by atoms with Crippen LogP contribution in [0.4, 0.5) is 10.7 Å². The Bertz CT molecular complexity index is 931. The maximum Gasteiger partial charge on any atom is 0.335 e. The van der Waals surface area contributed by atoms with Gasteiger partial charge in [-0.25, -0.2) is 27.9 Å². The molecule has 2 rings (SSSR count). The van der Waals surface area contributed by atoms with Crippen LogP contribution in [-0.4, -0.2) is 58.8 Å². The standard InChI is InChI=1S/C14H19N7O5S2/c1-5-26-10-9(11(27-6-2)16-7-15-10)28(23,24)21-13(22)19-12-17-8(3)18-14(20-12)25-4/h7H,5-6H2,1-4H3,(H2,17,18,19,20,21,22). The van der Waals surface area contributed by atoms with E-state index in [1.54, 1.807) is 13.8 Å². The Morgan fingerprint density at radius 1 is 1.21 bits per heavy atom. The average molecular weight is 429 g/mol. The van der Waals surface area contributed by atoms with E-state index in [0.717, 1.165) is 0 Å². The molecule has 0 aromatic carbocycles. The van der Waals surface area contributed by atoms with E-state index in [-0.39, 0.29) is 40.2 Å². The van der Waals surface area contributed by atoms with Crippen molar-refractivity contribution in [3.05, 3.63) is 12.2 Å². The third-order valence-corrected chi connectivity index (χ3v) is 5.29. The third kappa shape index (κ3) is 5.39. The average Bonchev–Trinajstić information content (AvgIpc) is 2.61. The van der Waals surface area contributed by atoms with Gasteiger partial charge in [0.25, 0.3) is 10.0 Å². The van der Waals surface area contributed by atoms with E-state index >= 15 is 0 Å². The molecule has 0 aliphatic carbocycles. The Morgan fingerprint density at radius 2 is 1.96 bits per heavy atom. The minimum absolute atomic E-state index is 0.0256. The maximum absolute atomic E-state index is 12.8. The van der Waals surface area contributed by atoms with Crippen LogP contribution in [-0.2, 0) is 10.0 Å². The molecular formula is C14H19N7O5S2. The van der Waals surface area contributed by atoms with E-state index in [9.17, 15) is 13.2 Å². The van der Waals surface area contributed by atoms with Gasteiger partial charge in [0.1, 0.15) is 17.2 Å². The van der Waals surface area contributed by atoms with Crippen molar-refractivity contribution in [2.24, 2.45) is 0 Å². The number of thioether (sulfide) groups is 1. The lowest BCUT2D eigenvalue weighted by Crippen LogP contribution is -2.35. The summed E-state index contributed by atoms with van der Waals surface area (Å²) >= 11 is 1.18. The van der Waals surface area contributed by atoms with Gasteiger partial charge in [0.15, 0.2) is 4.90 Å². The van der Waals surface area contributed by atoms with E-state index in [2.05, 4.69) is 30.2 Å². The summed E-state index contributed by atoms with van der Waals surface area (Å²) in [5.74, 6) is 0.518. The topological polar surface area (TPSA) is 158 Å². The van der Waals surface area contributed by atoms with Crippen molar-refractivity contribution in [1.29, 1.82) is 0 Å². The highest BCUT2D eigenvalue weighted by molar-refractivity contribution is 8.00. The smallest absolute Gasteiger partial charge is 0.335 e. The molecule has 2 amide bonds. The Labute approximate surface area is 166 Å². The molecule has 0 saturated carbocycles. The summed E-state index contributed by atoms with van der Waals surface area (Å²) in [4.78, 5) is 31.3. The summed E-state index contributed by atoms with van der Waals surface area (Å²) in [6.45, 7) is 5.27. The quantitative estimate of drug-likeness (QED) is 0.455. The minimum Gasteiger partial charge on any atom is -0.477 e. The second kappa shape index (κ2) is 9.45. The summed E-state index contributed by atoms with van der Waals surface area (Å²) in [6.07, 6.45) is 1.20. The summed E-state index contributed by atoms with van der Waals surface area (Å²) in [5, 5.41) is 2.39. The molecule has 2 aromatic heterocycles. The van der Waals surface area contributed by atoms with Crippen LogP contribution in [0, 0.1) is 6.92 Å². The first-order chi connectivity index (χ1) is 13.3. The first kappa shape index (κ1) is 21.6. The van der Waals surface area contributed by atoms with Crippen molar-refractivity contribution in [2.45, 2.75) is 30.7 Å². The lowest BCUT2D eigenvalue weighted by molar-refractivity contribution is 0.256. The minimum atomic E-state index is -4.35. The van der Waals surface area contributed by atoms with Gasteiger partial charge in [-0.1, -0.05) is 6.92 Å². The van der Waals surface area contributed by atoms with E-state index in [1.807, 2.05) is 11.6 Å². The Balaban J connectivity index is 2.30. The number of urea groups is 1. The fraction of sp³-hybridized carbons (Fsp3) is 0.429. The second-order valence-electron chi connectivity index (χ2n) is 4.93. The van der Waals surface area contributed by atoms with Crippen LogP contribution in [0.15, 0.2) is 16.2 Å². The molecule has 2 N–H and O–H groups in total. The molecule has 14 heteroatoms. The molecule has 2 aromatic rings. The Hall–Kier alpha value is -2.74. The number of rotatable bonds is 8. The zero-order valence-electron chi connectivity index (χ0n) is 15.6. The molecule has 2 heterocycles. The number of nitrogens with one attached hydrogen (secondary N) is 2. The number of amides is 2. The van der Waals surface area contributed by atoms with Crippen molar-refractivity contribution in [3.8, 4) is 11.9 Å². The van der Waals surface area contributed by atoms with E-state index < -0.39 is 16.1 Å². The summed E-state index contributed by atoms with van der Waals surface area (Å²) in [7, 11) is -3.00. The first-order valence-electron chi connectivity index (χ1n) is 8.01. The number of carbonyl (C=O) groups is 1. The molecule has 0 spiro atoms. The Kier molecular flexibility index (Phi) is 7.28. The van der Waals surface area contributed by atoms with E-state index in [0.29, 0.717) is 5.75 Å². The molecule has 28 heavy (non-hydrogen) atoms. The molecule has 0 radical (unpaired) electrons. The lowest BCUT2D eigenvalue weighted by atomic mass is 10.6. The van der Waals surface area contributed by atoms with Crippen molar-refractivity contribution < 1.29 is 22.7 Å². The molecule has 0 fully saturated rings. The van der Waals surface area contributed by atoms with E-state index in [4.69, 9.17) is 9.47 Å². The van der Waals surface area contributed by atoms with Gasteiger partial charge < -0.3 is 9.47 Å². The fourth-order valence-electron chi connectivity index (χ4n) is 1.96. The molecule has 0 aliphatic rings. The van der Waals surface area contributed by atoms with Crippen LogP contribution in [0.3, 0.4) is 0 Å². The number of methoxy groups -OCH3 is 1. The van der Waals surface area contributed by atoms with Crippen molar-refractivity contribution in [3.63, 3.8) is 0 Å². The highest BCUT2D eigenvalue weighted by atomic mass is 32.2. The SMILES string of the molecule is CCOc1ncnc(SCC)c1S(=O)(=O)NC(=O)Nc1nc(C)nc(OC)n1. The van der Waals surface area contributed by atoms with Crippen LogP contribution < -0.4 is 19.5 Å². The monoisotopic (exact) mass is 429 g/mol. The van der Waals surface area contributed by atoms with E-state index in [1.165, 1.54) is 25.2 Å². The van der Waals surface area contributed by atoms with Gasteiger partial charge in [0, 0.05) is 0 Å². The third-order valence-electron chi connectivity index (χ3n) is 2.93. The second-order valence-corrected chi connectivity index (χ2v) is 7.80. The normalized spacial score (nSPS) is 11.0. The predicted molar refractivity (Wildman–Crippen MR) is 100 cm³/mol. The lowest BCUT2D eigenvalue weighted by Gasteiger charge is -2.13. The first-order valence-corrected chi connectivity index (χ1v) is 10.5.